The van der Waals surface area contributed by atoms with E-state index >= 15 is 0 Å². The molecular formula is C14H17NO2S2. The third kappa shape index (κ3) is 3.43. The molecule has 0 saturated carbocycles. The second kappa shape index (κ2) is 5.86. The topological polar surface area (TPSA) is 46.2 Å². The highest BCUT2D eigenvalue weighted by Gasteiger charge is 2.15. The lowest BCUT2D eigenvalue weighted by molar-refractivity contribution is 0.601. The first-order chi connectivity index (χ1) is 9.02. The third-order valence-corrected chi connectivity index (χ3v) is 4.94. The van der Waals surface area contributed by atoms with Gasteiger partial charge in [0, 0.05) is 11.1 Å². The number of rotatable bonds is 5. The molecule has 1 atom stereocenters. The lowest BCUT2D eigenvalue weighted by Gasteiger charge is -2.17. The fraction of sp³-hybridized carbons (Fsp3) is 0.286. The highest BCUT2D eigenvalue weighted by Crippen LogP contribution is 2.26. The van der Waals surface area contributed by atoms with Gasteiger partial charge >= 0.3 is 0 Å². The van der Waals surface area contributed by atoms with E-state index in [2.05, 4.69) is 18.3 Å². The van der Waals surface area contributed by atoms with Gasteiger partial charge in [0.25, 0.3) is 0 Å². The molecule has 1 heterocycles. The van der Waals surface area contributed by atoms with Gasteiger partial charge in [-0.05, 0) is 35.7 Å². The largest absolute Gasteiger partial charge is 0.306 e. The summed E-state index contributed by atoms with van der Waals surface area (Å²) in [7, 11) is -3.13. The van der Waals surface area contributed by atoms with Crippen molar-refractivity contribution in [2.75, 3.05) is 12.8 Å². The number of sulfone groups is 1. The van der Waals surface area contributed by atoms with E-state index in [0.29, 0.717) is 4.90 Å². The predicted molar refractivity (Wildman–Crippen MR) is 79.4 cm³/mol. The highest BCUT2D eigenvalue weighted by molar-refractivity contribution is 7.90. The summed E-state index contributed by atoms with van der Waals surface area (Å²) in [4.78, 5) is 1.59. The van der Waals surface area contributed by atoms with Gasteiger partial charge in [0.05, 0.1) is 10.9 Å². The molecule has 1 aromatic carbocycles. The minimum atomic E-state index is -3.13. The maximum Gasteiger partial charge on any atom is 0.175 e. The molecule has 0 saturated heterocycles. The van der Waals surface area contributed by atoms with Crippen LogP contribution in [0.4, 0.5) is 0 Å². The van der Waals surface area contributed by atoms with Crippen LogP contribution in [0, 0.1) is 0 Å². The first kappa shape index (κ1) is 14.2. The van der Waals surface area contributed by atoms with E-state index in [1.165, 1.54) is 11.1 Å². The van der Waals surface area contributed by atoms with Crippen LogP contribution in [0.5, 0.6) is 0 Å². The normalized spacial score (nSPS) is 13.4. The van der Waals surface area contributed by atoms with E-state index in [9.17, 15) is 8.42 Å². The van der Waals surface area contributed by atoms with Crippen molar-refractivity contribution in [2.45, 2.75) is 17.9 Å². The Balaban J connectivity index is 2.33. The minimum absolute atomic E-state index is 0.124. The molecule has 1 unspecified atom stereocenters. The summed E-state index contributed by atoms with van der Waals surface area (Å²) in [6, 6.07) is 11.3. The Labute approximate surface area is 118 Å². The number of thiophene rings is 1. The summed E-state index contributed by atoms with van der Waals surface area (Å²) in [5.74, 6) is 0. The Morgan fingerprint density at radius 3 is 2.37 bits per heavy atom. The Hall–Kier alpha value is -1.17. The van der Waals surface area contributed by atoms with Crippen LogP contribution in [0.1, 0.15) is 23.4 Å². The van der Waals surface area contributed by atoms with E-state index < -0.39 is 9.84 Å². The van der Waals surface area contributed by atoms with Crippen LogP contribution >= 0.6 is 11.3 Å². The molecule has 3 nitrogen and oxygen atoms in total. The zero-order chi connectivity index (χ0) is 13.9. The molecule has 0 fully saturated rings. The maximum atomic E-state index is 11.5. The summed E-state index contributed by atoms with van der Waals surface area (Å²) in [6.07, 6.45) is 1.23. The van der Waals surface area contributed by atoms with Crippen molar-refractivity contribution in [3.05, 3.63) is 52.2 Å². The molecule has 0 amide bonds. The zero-order valence-electron chi connectivity index (χ0n) is 11.0. The molecule has 0 bridgehead atoms. The van der Waals surface area contributed by atoms with Crippen molar-refractivity contribution in [3.63, 3.8) is 0 Å². The van der Waals surface area contributed by atoms with Crippen molar-refractivity contribution < 1.29 is 8.42 Å². The Bertz CT molecular complexity index is 616. The van der Waals surface area contributed by atoms with Gasteiger partial charge in [0.15, 0.2) is 9.84 Å². The Morgan fingerprint density at radius 2 is 1.89 bits per heavy atom. The molecule has 0 aliphatic rings. The monoisotopic (exact) mass is 295 g/mol. The van der Waals surface area contributed by atoms with Crippen LogP contribution < -0.4 is 5.32 Å². The molecule has 0 radical (unpaired) electrons. The first-order valence-corrected chi connectivity index (χ1v) is 8.86. The number of benzene rings is 1. The van der Waals surface area contributed by atoms with Gasteiger partial charge in [-0.3, -0.25) is 0 Å². The van der Waals surface area contributed by atoms with Crippen molar-refractivity contribution in [1.82, 2.24) is 5.32 Å². The lowest BCUT2D eigenvalue weighted by Crippen LogP contribution is -2.21. The minimum Gasteiger partial charge on any atom is -0.306 e. The zero-order valence-corrected chi connectivity index (χ0v) is 12.6. The fourth-order valence-electron chi connectivity index (χ4n) is 1.95. The third-order valence-electron chi connectivity index (χ3n) is 2.88. The standard InChI is InChI=1S/C14H17NO2S2/c1-3-15-14(13-5-4-10-18-13)11-6-8-12(9-7-11)19(2,16)17/h4-10,14-15H,3H2,1-2H3. The SMILES string of the molecule is CCNC(c1ccc(S(C)(=O)=O)cc1)c1cccs1. The smallest absolute Gasteiger partial charge is 0.175 e. The van der Waals surface area contributed by atoms with Crippen LogP contribution in [-0.2, 0) is 9.84 Å². The van der Waals surface area contributed by atoms with Gasteiger partial charge in [-0.15, -0.1) is 11.3 Å². The Morgan fingerprint density at radius 1 is 1.21 bits per heavy atom. The summed E-state index contributed by atoms with van der Waals surface area (Å²) in [5, 5.41) is 5.47. The van der Waals surface area contributed by atoms with Crippen LogP contribution in [-0.4, -0.2) is 21.2 Å². The number of hydrogen-bond donors (Lipinski definition) is 1. The lowest BCUT2D eigenvalue weighted by atomic mass is 10.1. The van der Waals surface area contributed by atoms with Crippen molar-refractivity contribution in [3.8, 4) is 0 Å². The van der Waals surface area contributed by atoms with Crippen LogP contribution in [0.15, 0.2) is 46.7 Å². The molecule has 102 valence electrons. The van der Waals surface area contributed by atoms with Crippen molar-refractivity contribution in [2.24, 2.45) is 0 Å². The number of hydrogen-bond acceptors (Lipinski definition) is 4. The van der Waals surface area contributed by atoms with E-state index in [1.807, 2.05) is 23.6 Å². The van der Waals surface area contributed by atoms with Gasteiger partial charge in [0.2, 0.25) is 0 Å². The second-order valence-electron chi connectivity index (χ2n) is 4.35. The van der Waals surface area contributed by atoms with Gasteiger partial charge in [-0.1, -0.05) is 25.1 Å². The first-order valence-electron chi connectivity index (χ1n) is 6.09. The van der Waals surface area contributed by atoms with Crippen LogP contribution in [0.25, 0.3) is 0 Å². The van der Waals surface area contributed by atoms with Gasteiger partial charge in [-0.2, -0.15) is 0 Å². The fourth-order valence-corrected chi connectivity index (χ4v) is 3.41. The number of nitrogens with one attached hydrogen (secondary N) is 1. The summed E-state index contributed by atoms with van der Waals surface area (Å²) < 4.78 is 22.9. The van der Waals surface area contributed by atoms with Gasteiger partial charge in [-0.25, -0.2) is 8.42 Å². The van der Waals surface area contributed by atoms with Crippen molar-refractivity contribution >= 4 is 21.2 Å². The van der Waals surface area contributed by atoms with Crippen LogP contribution in [0.2, 0.25) is 0 Å². The average Bonchev–Trinajstić information content (AvgIpc) is 2.89. The van der Waals surface area contributed by atoms with E-state index in [-0.39, 0.29) is 6.04 Å². The quantitative estimate of drug-likeness (QED) is 0.922. The predicted octanol–water partition coefficient (Wildman–Crippen LogP) is 2.85. The molecule has 19 heavy (non-hydrogen) atoms. The van der Waals surface area contributed by atoms with Crippen molar-refractivity contribution in [1.29, 1.82) is 0 Å². The molecule has 0 aliphatic carbocycles. The molecule has 2 aromatic rings. The van der Waals surface area contributed by atoms with E-state index in [0.717, 1.165) is 12.1 Å². The molecule has 0 aliphatic heterocycles. The summed E-state index contributed by atoms with van der Waals surface area (Å²) in [6.45, 7) is 2.92. The molecule has 1 N–H and O–H groups in total. The second-order valence-corrected chi connectivity index (χ2v) is 7.34. The van der Waals surface area contributed by atoms with E-state index in [4.69, 9.17) is 0 Å². The average molecular weight is 295 g/mol. The Kier molecular flexibility index (Phi) is 4.39. The maximum absolute atomic E-state index is 11.5. The van der Waals surface area contributed by atoms with Gasteiger partial charge < -0.3 is 5.32 Å². The molecule has 1 aromatic heterocycles. The van der Waals surface area contributed by atoms with Gasteiger partial charge in [0.1, 0.15) is 0 Å². The molecule has 5 heteroatoms. The summed E-state index contributed by atoms with van der Waals surface area (Å²) >= 11 is 1.69. The molecule has 0 spiro atoms. The molecule has 2 rings (SSSR count). The van der Waals surface area contributed by atoms with E-state index in [1.54, 1.807) is 23.5 Å². The van der Waals surface area contributed by atoms with Crippen LogP contribution in [0.3, 0.4) is 0 Å². The molecular weight excluding hydrogens is 278 g/mol. The summed E-state index contributed by atoms with van der Waals surface area (Å²) in [5.41, 5.74) is 1.08. The highest BCUT2D eigenvalue weighted by atomic mass is 32.2.